The van der Waals surface area contributed by atoms with Crippen LogP contribution in [-0.2, 0) is 0 Å². The topological polar surface area (TPSA) is 62.0 Å². The van der Waals surface area contributed by atoms with Crippen molar-refractivity contribution in [1.82, 2.24) is 10.3 Å². The summed E-state index contributed by atoms with van der Waals surface area (Å²) in [5, 5.41) is 3.87. The Morgan fingerprint density at radius 1 is 1.10 bits per heavy atom. The highest BCUT2D eigenvalue weighted by Gasteiger charge is 2.11. The fraction of sp³-hybridized carbons (Fsp3) is 0.125. The number of aromatic nitrogens is 1. The van der Waals surface area contributed by atoms with Crippen LogP contribution in [0.2, 0.25) is 0 Å². The van der Waals surface area contributed by atoms with E-state index in [0.717, 1.165) is 11.1 Å². The maximum atomic E-state index is 12.5. The van der Waals surface area contributed by atoms with Gasteiger partial charge in [0.2, 0.25) is 0 Å². The quantitative estimate of drug-likeness (QED) is 0.664. The second kappa shape index (κ2) is 4.49. The van der Waals surface area contributed by atoms with E-state index in [1.165, 1.54) is 0 Å². The number of H-pyrrole nitrogens is 1. The first-order chi connectivity index (χ1) is 9.61. The Kier molecular flexibility index (Phi) is 2.79. The lowest BCUT2D eigenvalue weighted by Gasteiger charge is -2.08. The second-order valence-corrected chi connectivity index (χ2v) is 4.79. The molecule has 1 heterocycles. The summed E-state index contributed by atoms with van der Waals surface area (Å²) in [5.41, 5.74) is 2.80. The average Bonchev–Trinajstić information content (AvgIpc) is 2.47. The maximum Gasteiger partial charge on any atom is 0.251 e. The zero-order valence-electron chi connectivity index (χ0n) is 11.3. The van der Waals surface area contributed by atoms with Gasteiger partial charge in [0, 0.05) is 28.9 Å². The normalized spacial score (nSPS) is 10.9. The molecule has 1 aromatic heterocycles. The molecule has 0 aliphatic heterocycles. The molecule has 0 fully saturated rings. The van der Waals surface area contributed by atoms with Crippen LogP contribution in [0.25, 0.3) is 21.8 Å². The monoisotopic (exact) mass is 266 g/mol. The van der Waals surface area contributed by atoms with Crippen LogP contribution in [0.1, 0.15) is 15.9 Å². The molecule has 0 radical (unpaired) electrons. The first-order valence-electron chi connectivity index (χ1n) is 6.39. The number of carbonyl (C=O) groups excluding carboxylic acids is 1. The van der Waals surface area contributed by atoms with Crippen molar-refractivity contribution in [2.75, 3.05) is 7.05 Å². The largest absolute Gasteiger partial charge is 0.355 e. The number of nitrogens with one attached hydrogen (secondary N) is 2. The molecule has 20 heavy (non-hydrogen) atoms. The molecule has 0 saturated carbocycles. The van der Waals surface area contributed by atoms with Crippen LogP contribution in [-0.4, -0.2) is 17.9 Å². The number of aromatic amines is 1. The number of fused-ring (bicyclic) bond motifs is 2. The molecule has 2 N–H and O–H groups in total. The van der Waals surface area contributed by atoms with E-state index in [9.17, 15) is 9.59 Å². The van der Waals surface area contributed by atoms with Gasteiger partial charge in [0.15, 0.2) is 5.43 Å². The van der Waals surface area contributed by atoms with E-state index in [4.69, 9.17) is 0 Å². The Morgan fingerprint density at radius 3 is 2.60 bits per heavy atom. The summed E-state index contributed by atoms with van der Waals surface area (Å²) in [5.74, 6) is -0.154. The summed E-state index contributed by atoms with van der Waals surface area (Å²) in [6, 6.07) is 10.9. The standard InChI is InChI=1S/C16H14N2O2/c1-9-7-12-14(8-11(9)16(20)17-2)18-13-6-4-3-5-10(13)15(12)19/h3-8H,1-2H3,(H,17,20)(H,18,19). The Bertz CT molecular complexity index is 894. The van der Waals surface area contributed by atoms with E-state index in [2.05, 4.69) is 10.3 Å². The highest BCUT2D eigenvalue weighted by atomic mass is 16.1. The molecule has 0 bridgehead atoms. The maximum absolute atomic E-state index is 12.5. The summed E-state index contributed by atoms with van der Waals surface area (Å²) >= 11 is 0. The first-order valence-corrected chi connectivity index (χ1v) is 6.39. The van der Waals surface area contributed by atoms with Gasteiger partial charge in [0.1, 0.15) is 0 Å². The van der Waals surface area contributed by atoms with Gasteiger partial charge in [-0.1, -0.05) is 12.1 Å². The summed E-state index contributed by atoms with van der Waals surface area (Å²) < 4.78 is 0. The molecule has 0 saturated heterocycles. The molecular weight excluding hydrogens is 252 g/mol. The number of rotatable bonds is 1. The van der Waals surface area contributed by atoms with E-state index in [1.807, 2.05) is 25.1 Å². The van der Waals surface area contributed by atoms with Crippen LogP contribution in [0.3, 0.4) is 0 Å². The lowest BCUT2D eigenvalue weighted by atomic mass is 10.0. The predicted molar refractivity (Wildman–Crippen MR) is 80.2 cm³/mol. The summed E-state index contributed by atoms with van der Waals surface area (Å²) in [7, 11) is 1.59. The van der Waals surface area contributed by atoms with Gasteiger partial charge >= 0.3 is 0 Å². The van der Waals surface area contributed by atoms with Crippen molar-refractivity contribution in [1.29, 1.82) is 0 Å². The van der Waals surface area contributed by atoms with E-state index < -0.39 is 0 Å². The molecule has 3 aromatic rings. The lowest BCUT2D eigenvalue weighted by Crippen LogP contribution is -2.19. The highest BCUT2D eigenvalue weighted by molar-refractivity contribution is 6.01. The SMILES string of the molecule is CNC(=O)c1cc2[nH]c3ccccc3c(=O)c2cc1C. The zero-order chi connectivity index (χ0) is 14.3. The number of amides is 1. The third-order valence-corrected chi connectivity index (χ3v) is 3.52. The van der Waals surface area contributed by atoms with Gasteiger partial charge in [-0.05, 0) is 36.8 Å². The minimum atomic E-state index is -0.154. The van der Waals surface area contributed by atoms with Crippen molar-refractivity contribution in [2.24, 2.45) is 0 Å². The molecule has 0 spiro atoms. The molecule has 2 aromatic carbocycles. The average molecular weight is 266 g/mol. The molecule has 1 amide bonds. The molecule has 3 rings (SSSR count). The van der Waals surface area contributed by atoms with Gasteiger partial charge in [-0.25, -0.2) is 0 Å². The number of pyridine rings is 1. The van der Waals surface area contributed by atoms with Gasteiger partial charge in [-0.15, -0.1) is 0 Å². The predicted octanol–water partition coefficient (Wildman–Crippen LogP) is 2.35. The fourth-order valence-electron chi connectivity index (χ4n) is 2.46. The van der Waals surface area contributed by atoms with Crippen LogP contribution in [0.15, 0.2) is 41.2 Å². The van der Waals surface area contributed by atoms with Gasteiger partial charge in [-0.3, -0.25) is 9.59 Å². The number of carbonyl (C=O) groups is 1. The Balaban J connectivity index is 2.44. The third kappa shape index (κ3) is 1.77. The number of para-hydroxylation sites is 1. The van der Waals surface area contributed by atoms with Crippen molar-refractivity contribution < 1.29 is 4.79 Å². The highest BCUT2D eigenvalue weighted by Crippen LogP contribution is 2.19. The molecule has 0 aliphatic carbocycles. The number of hydrogen-bond donors (Lipinski definition) is 2. The smallest absolute Gasteiger partial charge is 0.251 e. The van der Waals surface area contributed by atoms with Gasteiger partial charge in [-0.2, -0.15) is 0 Å². The van der Waals surface area contributed by atoms with Gasteiger partial charge in [0.05, 0.1) is 5.52 Å². The summed E-state index contributed by atoms with van der Waals surface area (Å²) in [4.78, 5) is 27.5. The van der Waals surface area contributed by atoms with Crippen LogP contribution >= 0.6 is 0 Å². The first kappa shape index (κ1) is 12.4. The van der Waals surface area contributed by atoms with Gasteiger partial charge < -0.3 is 10.3 Å². The lowest BCUT2D eigenvalue weighted by molar-refractivity contribution is 0.0962. The van der Waals surface area contributed by atoms with Crippen molar-refractivity contribution in [3.63, 3.8) is 0 Å². The minimum Gasteiger partial charge on any atom is -0.355 e. The Hall–Kier alpha value is -2.62. The van der Waals surface area contributed by atoms with Crippen molar-refractivity contribution in [3.05, 3.63) is 57.7 Å². The van der Waals surface area contributed by atoms with E-state index in [1.54, 1.807) is 25.2 Å². The second-order valence-electron chi connectivity index (χ2n) is 4.79. The van der Waals surface area contributed by atoms with Crippen LogP contribution < -0.4 is 10.7 Å². The zero-order valence-corrected chi connectivity index (χ0v) is 11.3. The number of aryl methyl sites for hydroxylation is 1. The molecule has 0 unspecified atom stereocenters. The minimum absolute atomic E-state index is 0.0130. The van der Waals surface area contributed by atoms with E-state index >= 15 is 0 Å². The molecule has 0 aliphatic rings. The third-order valence-electron chi connectivity index (χ3n) is 3.52. The molecule has 4 heteroatoms. The van der Waals surface area contributed by atoms with Crippen molar-refractivity contribution in [2.45, 2.75) is 6.92 Å². The van der Waals surface area contributed by atoms with E-state index in [-0.39, 0.29) is 11.3 Å². The van der Waals surface area contributed by atoms with Crippen LogP contribution in [0.5, 0.6) is 0 Å². The molecule has 0 atom stereocenters. The van der Waals surface area contributed by atoms with Crippen LogP contribution in [0, 0.1) is 6.92 Å². The summed E-state index contributed by atoms with van der Waals surface area (Å²) in [6.07, 6.45) is 0. The molecule has 4 nitrogen and oxygen atoms in total. The Morgan fingerprint density at radius 2 is 1.85 bits per heavy atom. The van der Waals surface area contributed by atoms with Crippen molar-refractivity contribution in [3.8, 4) is 0 Å². The van der Waals surface area contributed by atoms with Gasteiger partial charge in [0.25, 0.3) is 5.91 Å². The number of benzene rings is 2. The number of hydrogen-bond acceptors (Lipinski definition) is 2. The van der Waals surface area contributed by atoms with Crippen molar-refractivity contribution >= 4 is 27.7 Å². The van der Waals surface area contributed by atoms with E-state index in [0.29, 0.717) is 21.9 Å². The van der Waals surface area contributed by atoms with Crippen LogP contribution in [0.4, 0.5) is 0 Å². The fourth-order valence-corrected chi connectivity index (χ4v) is 2.46. The molecular formula is C16H14N2O2. The summed E-state index contributed by atoms with van der Waals surface area (Å²) in [6.45, 7) is 1.83. The molecule has 100 valence electrons. The Labute approximate surface area is 115 Å².